The zero-order chi connectivity index (χ0) is 14.0. The van der Waals surface area contributed by atoms with Gasteiger partial charge in [-0.05, 0) is 59.0 Å². The Labute approximate surface area is 134 Å². The SMILES string of the molecule is Nc1ccc(C(=O)Nc2ccc(Cl)cc2I)cc1Cl. The topological polar surface area (TPSA) is 55.1 Å². The highest BCUT2D eigenvalue weighted by Gasteiger charge is 2.10. The molecule has 0 radical (unpaired) electrons. The molecular formula is C13H9Cl2IN2O. The van der Waals surface area contributed by atoms with Crippen molar-refractivity contribution in [3.05, 3.63) is 55.6 Å². The third-order valence-corrected chi connectivity index (χ3v) is 3.90. The number of hydrogen-bond donors (Lipinski definition) is 2. The molecule has 0 aliphatic heterocycles. The second-order valence-corrected chi connectivity index (χ2v) is 5.82. The van der Waals surface area contributed by atoms with Crippen LogP contribution in [0.2, 0.25) is 10.0 Å². The third kappa shape index (κ3) is 3.52. The lowest BCUT2D eigenvalue weighted by atomic mass is 10.2. The van der Waals surface area contributed by atoms with Crippen molar-refractivity contribution < 1.29 is 4.79 Å². The van der Waals surface area contributed by atoms with E-state index in [1.54, 1.807) is 30.3 Å². The molecule has 6 heteroatoms. The summed E-state index contributed by atoms with van der Waals surface area (Å²) in [7, 11) is 0. The van der Waals surface area contributed by atoms with Gasteiger partial charge in [0.25, 0.3) is 5.91 Å². The molecule has 2 rings (SSSR count). The average Bonchev–Trinajstić information content (AvgIpc) is 2.36. The fourth-order valence-electron chi connectivity index (χ4n) is 1.45. The van der Waals surface area contributed by atoms with Crippen LogP contribution in [0.25, 0.3) is 0 Å². The van der Waals surface area contributed by atoms with Crippen molar-refractivity contribution in [1.82, 2.24) is 0 Å². The van der Waals surface area contributed by atoms with E-state index < -0.39 is 0 Å². The van der Waals surface area contributed by atoms with E-state index in [0.29, 0.717) is 27.0 Å². The fraction of sp³-hybridized carbons (Fsp3) is 0. The Kier molecular flexibility index (Phi) is 4.54. The molecule has 0 heterocycles. The smallest absolute Gasteiger partial charge is 0.255 e. The molecule has 3 nitrogen and oxygen atoms in total. The summed E-state index contributed by atoms with van der Waals surface area (Å²) in [5.74, 6) is -0.248. The second-order valence-electron chi connectivity index (χ2n) is 3.81. The summed E-state index contributed by atoms with van der Waals surface area (Å²) in [6.45, 7) is 0. The molecule has 0 fully saturated rings. The van der Waals surface area contributed by atoms with Gasteiger partial charge >= 0.3 is 0 Å². The maximum atomic E-state index is 12.1. The van der Waals surface area contributed by atoms with Gasteiger partial charge in [-0.25, -0.2) is 0 Å². The molecule has 0 aromatic heterocycles. The summed E-state index contributed by atoms with van der Waals surface area (Å²) in [4.78, 5) is 12.1. The first-order valence-electron chi connectivity index (χ1n) is 5.29. The number of nitrogen functional groups attached to an aromatic ring is 1. The quantitative estimate of drug-likeness (QED) is 0.572. The van der Waals surface area contributed by atoms with Gasteiger partial charge in [-0.3, -0.25) is 4.79 Å². The summed E-state index contributed by atoms with van der Waals surface area (Å²) < 4.78 is 0.861. The molecule has 0 aliphatic carbocycles. The summed E-state index contributed by atoms with van der Waals surface area (Å²) >= 11 is 13.9. The number of benzene rings is 2. The van der Waals surface area contributed by atoms with Crippen LogP contribution in [0.1, 0.15) is 10.4 Å². The maximum absolute atomic E-state index is 12.1. The number of carbonyl (C=O) groups excluding carboxylic acids is 1. The fourth-order valence-corrected chi connectivity index (χ4v) is 2.64. The van der Waals surface area contributed by atoms with Crippen molar-refractivity contribution >= 4 is 63.1 Å². The molecule has 0 unspecified atom stereocenters. The van der Waals surface area contributed by atoms with Crippen LogP contribution in [0.5, 0.6) is 0 Å². The predicted octanol–water partition coefficient (Wildman–Crippen LogP) is 4.43. The molecular weight excluding hydrogens is 398 g/mol. The standard InChI is InChI=1S/C13H9Cl2IN2O/c14-8-2-4-12(10(16)6-8)18-13(19)7-1-3-11(17)9(15)5-7/h1-6H,17H2,(H,18,19). The van der Waals surface area contributed by atoms with Crippen LogP contribution in [0.15, 0.2) is 36.4 Å². The minimum Gasteiger partial charge on any atom is -0.398 e. The van der Waals surface area contributed by atoms with Crippen LogP contribution in [0.4, 0.5) is 11.4 Å². The Morgan fingerprint density at radius 2 is 1.89 bits per heavy atom. The monoisotopic (exact) mass is 406 g/mol. The highest BCUT2D eigenvalue weighted by molar-refractivity contribution is 14.1. The van der Waals surface area contributed by atoms with E-state index in [1.807, 2.05) is 0 Å². The Morgan fingerprint density at radius 1 is 1.16 bits per heavy atom. The number of nitrogens with two attached hydrogens (primary N) is 1. The van der Waals surface area contributed by atoms with Crippen molar-refractivity contribution in [2.75, 3.05) is 11.1 Å². The number of carbonyl (C=O) groups is 1. The first kappa shape index (κ1) is 14.4. The van der Waals surface area contributed by atoms with E-state index in [2.05, 4.69) is 27.9 Å². The van der Waals surface area contributed by atoms with Crippen molar-refractivity contribution in [1.29, 1.82) is 0 Å². The van der Waals surface area contributed by atoms with Crippen molar-refractivity contribution in [2.45, 2.75) is 0 Å². The van der Waals surface area contributed by atoms with Gasteiger partial charge in [0.05, 0.1) is 16.4 Å². The van der Waals surface area contributed by atoms with Crippen molar-refractivity contribution in [3.8, 4) is 0 Å². The highest BCUT2D eigenvalue weighted by atomic mass is 127. The molecule has 2 aromatic carbocycles. The Hall–Kier alpha value is -0.980. The summed E-state index contributed by atoms with van der Waals surface area (Å²) in [5.41, 5.74) is 7.19. The minimum absolute atomic E-state index is 0.248. The highest BCUT2D eigenvalue weighted by Crippen LogP contribution is 2.24. The van der Waals surface area contributed by atoms with Gasteiger partial charge in [0.2, 0.25) is 0 Å². The van der Waals surface area contributed by atoms with Crippen LogP contribution in [-0.4, -0.2) is 5.91 Å². The number of anilines is 2. The Morgan fingerprint density at radius 3 is 2.53 bits per heavy atom. The molecule has 2 aromatic rings. The molecule has 98 valence electrons. The van der Waals surface area contributed by atoms with E-state index in [0.717, 1.165) is 3.57 Å². The first-order chi connectivity index (χ1) is 8.97. The Balaban J connectivity index is 2.23. The van der Waals surface area contributed by atoms with Crippen molar-refractivity contribution in [3.63, 3.8) is 0 Å². The lowest BCUT2D eigenvalue weighted by Crippen LogP contribution is -2.12. The van der Waals surface area contributed by atoms with Gasteiger partial charge in [0.1, 0.15) is 0 Å². The van der Waals surface area contributed by atoms with Crippen LogP contribution in [0, 0.1) is 3.57 Å². The maximum Gasteiger partial charge on any atom is 0.255 e. The van der Waals surface area contributed by atoms with Crippen LogP contribution >= 0.6 is 45.8 Å². The normalized spacial score (nSPS) is 10.3. The first-order valence-corrected chi connectivity index (χ1v) is 7.12. The molecule has 0 saturated carbocycles. The number of amides is 1. The minimum atomic E-state index is -0.248. The van der Waals surface area contributed by atoms with Crippen molar-refractivity contribution in [2.24, 2.45) is 0 Å². The van der Waals surface area contributed by atoms with Crippen LogP contribution < -0.4 is 11.1 Å². The van der Waals surface area contributed by atoms with Crippen LogP contribution in [-0.2, 0) is 0 Å². The second kappa shape index (κ2) is 5.98. The molecule has 0 spiro atoms. The molecule has 0 saturated heterocycles. The predicted molar refractivity (Wildman–Crippen MR) is 88.0 cm³/mol. The van der Waals surface area contributed by atoms with Gasteiger partial charge in [-0.15, -0.1) is 0 Å². The van der Waals surface area contributed by atoms with Crippen LogP contribution in [0.3, 0.4) is 0 Å². The molecule has 0 bridgehead atoms. The number of nitrogens with one attached hydrogen (secondary N) is 1. The molecule has 0 atom stereocenters. The molecule has 19 heavy (non-hydrogen) atoms. The molecule has 3 N–H and O–H groups in total. The number of hydrogen-bond acceptors (Lipinski definition) is 2. The van der Waals surface area contributed by atoms with E-state index in [1.165, 1.54) is 6.07 Å². The van der Waals surface area contributed by atoms with Gasteiger partial charge < -0.3 is 11.1 Å². The lowest BCUT2D eigenvalue weighted by molar-refractivity contribution is 0.102. The summed E-state index contributed by atoms with van der Waals surface area (Å²) in [6, 6.07) is 10.0. The lowest BCUT2D eigenvalue weighted by Gasteiger charge is -2.08. The van der Waals surface area contributed by atoms with E-state index in [-0.39, 0.29) is 5.91 Å². The zero-order valence-electron chi connectivity index (χ0n) is 9.58. The Bertz CT molecular complexity index is 647. The van der Waals surface area contributed by atoms with E-state index in [9.17, 15) is 4.79 Å². The molecule has 1 amide bonds. The van der Waals surface area contributed by atoms with Gasteiger partial charge in [-0.2, -0.15) is 0 Å². The average molecular weight is 407 g/mol. The number of halogens is 3. The van der Waals surface area contributed by atoms with Gasteiger partial charge in [0, 0.05) is 14.2 Å². The third-order valence-electron chi connectivity index (χ3n) is 2.44. The summed E-state index contributed by atoms with van der Waals surface area (Å²) in [5, 5.41) is 3.78. The number of rotatable bonds is 2. The zero-order valence-corrected chi connectivity index (χ0v) is 13.3. The van der Waals surface area contributed by atoms with Gasteiger partial charge in [-0.1, -0.05) is 23.2 Å². The van der Waals surface area contributed by atoms with E-state index in [4.69, 9.17) is 28.9 Å². The van der Waals surface area contributed by atoms with E-state index >= 15 is 0 Å². The molecule has 0 aliphatic rings. The summed E-state index contributed by atoms with van der Waals surface area (Å²) in [6.07, 6.45) is 0. The largest absolute Gasteiger partial charge is 0.398 e. The van der Waals surface area contributed by atoms with Gasteiger partial charge in [0.15, 0.2) is 0 Å².